The molecule has 0 unspecified atom stereocenters. The quantitative estimate of drug-likeness (QED) is 0.738. The van der Waals surface area contributed by atoms with Gasteiger partial charge in [-0.15, -0.1) is 0 Å². The number of hydrogen-bond acceptors (Lipinski definition) is 2. The van der Waals surface area contributed by atoms with Crippen LogP contribution in [0.25, 0.3) is 0 Å². The van der Waals surface area contributed by atoms with Crippen LogP contribution in [0.2, 0.25) is 5.02 Å². The molecule has 0 bridgehead atoms. The van der Waals surface area contributed by atoms with Crippen molar-refractivity contribution >= 4 is 20.6 Å². The zero-order valence-electron chi connectivity index (χ0n) is 6.71. The summed E-state index contributed by atoms with van der Waals surface area (Å²) < 4.78 is 6.06. The number of carbonyl (C=O) groups is 1. The fourth-order valence-electron chi connectivity index (χ4n) is 0.795. The molecule has 0 aliphatic rings. The summed E-state index contributed by atoms with van der Waals surface area (Å²) in [5.41, 5.74) is 0. The molecule has 0 saturated heterocycles. The van der Waals surface area contributed by atoms with Crippen LogP contribution < -0.4 is 3.07 Å². The van der Waals surface area contributed by atoms with Gasteiger partial charge in [0.1, 0.15) is 0 Å². The SMILES string of the molecule is CC(=O)[O][Hg][c]1ccccc1Cl. The second-order valence-corrected chi connectivity index (χ2v) is 7.98. The number of carbonyl (C=O) groups excluding carboxylic acids is 1. The third kappa shape index (κ3) is 3.11. The average molecular weight is 371 g/mol. The van der Waals surface area contributed by atoms with E-state index in [0.29, 0.717) is 0 Å². The molecule has 0 aliphatic carbocycles. The van der Waals surface area contributed by atoms with Crippen LogP contribution in [0.3, 0.4) is 0 Å². The fraction of sp³-hybridized carbons (Fsp3) is 0.125. The predicted octanol–water partition coefficient (Wildman–Crippen LogP) is 1.53. The van der Waals surface area contributed by atoms with E-state index in [2.05, 4.69) is 0 Å². The first-order chi connectivity index (χ1) is 5.70. The van der Waals surface area contributed by atoms with Crippen molar-refractivity contribution in [2.75, 3.05) is 0 Å². The summed E-state index contributed by atoms with van der Waals surface area (Å²) in [7, 11) is 0. The Morgan fingerprint density at radius 1 is 1.50 bits per heavy atom. The summed E-state index contributed by atoms with van der Waals surface area (Å²) in [6.45, 7) is 1.43. The van der Waals surface area contributed by atoms with E-state index < -0.39 is 25.0 Å². The van der Waals surface area contributed by atoms with Gasteiger partial charge < -0.3 is 0 Å². The Morgan fingerprint density at radius 2 is 2.17 bits per heavy atom. The molecule has 0 spiro atoms. The summed E-state index contributed by atoms with van der Waals surface area (Å²) in [6.07, 6.45) is 0. The summed E-state index contributed by atoms with van der Waals surface area (Å²) in [5, 5.41) is 0.723. The standard InChI is InChI=1S/C6H4Cl.C2H4O2.Hg/c7-6-4-2-1-3-5-6;1-2(3)4;/h1-4H;1H3,(H,3,4);/q;;+1/p-1. The summed E-state index contributed by atoms with van der Waals surface area (Å²) >= 11 is 4.17. The van der Waals surface area contributed by atoms with Crippen molar-refractivity contribution in [2.45, 2.75) is 6.92 Å². The monoisotopic (exact) mass is 372 g/mol. The molecule has 0 aromatic heterocycles. The van der Waals surface area contributed by atoms with Crippen molar-refractivity contribution in [3.8, 4) is 0 Å². The fourth-order valence-corrected chi connectivity index (χ4v) is 4.70. The van der Waals surface area contributed by atoms with E-state index in [1.165, 1.54) is 6.92 Å². The van der Waals surface area contributed by atoms with Gasteiger partial charge >= 0.3 is 89.3 Å². The molecule has 1 aromatic carbocycles. The van der Waals surface area contributed by atoms with Crippen LogP contribution in [0, 0.1) is 0 Å². The summed E-state index contributed by atoms with van der Waals surface area (Å²) in [5.74, 6) is -0.198. The first-order valence-electron chi connectivity index (χ1n) is 3.57. The van der Waals surface area contributed by atoms with Crippen molar-refractivity contribution in [3.63, 3.8) is 0 Å². The van der Waals surface area contributed by atoms with Crippen molar-refractivity contribution in [1.29, 1.82) is 0 Å². The van der Waals surface area contributed by atoms with E-state index in [1.807, 2.05) is 24.3 Å². The van der Waals surface area contributed by atoms with Crippen LogP contribution in [0.1, 0.15) is 6.92 Å². The van der Waals surface area contributed by atoms with Gasteiger partial charge in [0.25, 0.3) is 0 Å². The van der Waals surface area contributed by atoms with Crippen molar-refractivity contribution in [1.82, 2.24) is 0 Å². The zero-order chi connectivity index (χ0) is 8.97. The van der Waals surface area contributed by atoms with Gasteiger partial charge in [-0.25, -0.2) is 0 Å². The Hall–Kier alpha value is -0.0849. The third-order valence-corrected chi connectivity index (χ3v) is 8.38. The van der Waals surface area contributed by atoms with Gasteiger partial charge in [-0.05, 0) is 0 Å². The van der Waals surface area contributed by atoms with Crippen molar-refractivity contribution in [3.05, 3.63) is 29.3 Å². The molecule has 0 N–H and O–H groups in total. The number of halogens is 1. The van der Waals surface area contributed by atoms with Gasteiger partial charge in [0.15, 0.2) is 0 Å². The Kier molecular flexibility index (Phi) is 4.02. The summed E-state index contributed by atoms with van der Waals surface area (Å²) in [6, 6.07) is 7.52. The number of hydrogen-bond donors (Lipinski definition) is 0. The Labute approximate surface area is 89.0 Å². The zero-order valence-corrected chi connectivity index (χ0v) is 13.0. The van der Waals surface area contributed by atoms with E-state index in [1.54, 1.807) is 0 Å². The van der Waals surface area contributed by atoms with E-state index in [4.69, 9.17) is 14.2 Å². The molecule has 0 saturated carbocycles. The predicted molar refractivity (Wildman–Crippen MR) is 42.9 cm³/mol. The van der Waals surface area contributed by atoms with E-state index in [-0.39, 0.29) is 5.97 Å². The van der Waals surface area contributed by atoms with Crippen LogP contribution >= 0.6 is 11.6 Å². The molecule has 2 nitrogen and oxygen atoms in total. The van der Waals surface area contributed by atoms with E-state index in [9.17, 15) is 4.79 Å². The third-order valence-electron chi connectivity index (χ3n) is 1.39. The Morgan fingerprint density at radius 3 is 2.75 bits per heavy atom. The molecule has 0 atom stereocenters. The minimum absolute atomic E-state index is 0.198. The Bertz CT molecular complexity index is 288. The molecule has 0 heterocycles. The molecule has 1 rings (SSSR count). The van der Waals surface area contributed by atoms with E-state index >= 15 is 0 Å². The molecule has 0 fully saturated rings. The van der Waals surface area contributed by atoms with Gasteiger partial charge in [0, 0.05) is 0 Å². The van der Waals surface area contributed by atoms with Crippen LogP contribution in [0.4, 0.5) is 0 Å². The van der Waals surface area contributed by atoms with Crippen LogP contribution in [0.5, 0.6) is 0 Å². The molecule has 0 radical (unpaired) electrons. The second kappa shape index (κ2) is 4.82. The van der Waals surface area contributed by atoms with Crippen LogP contribution in [-0.2, 0) is 32.5 Å². The number of rotatable bonds is 2. The summed E-state index contributed by atoms with van der Waals surface area (Å²) in [4.78, 5) is 10.5. The maximum absolute atomic E-state index is 10.5. The van der Waals surface area contributed by atoms with Gasteiger partial charge in [0.2, 0.25) is 0 Å². The first kappa shape index (κ1) is 10.00. The van der Waals surface area contributed by atoms with E-state index in [0.717, 1.165) is 8.09 Å². The second-order valence-electron chi connectivity index (χ2n) is 2.37. The molecule has 60 valence electrons. The molecule has 4 heteroatoms. The van der Waals surface area contributed by atoms with Gasteiger partial charge in [-0.3, -0.25) is 0 Å². The van der Waals surface area contributed by atoms with Crippen LogP contribution in [-0.4, -0.2) is 5.97 Å². The molecular formula is C8H7ClHgO2. The topological polar surface area (TPSA) is 26.3 Å². The average Bonchev–Trinajstić information content (AvgIpc) is 2.03. The first-order valence-corrected chi connectivity index (χ1v) is 8.94. The van der Waals surface area contributed by atoms with Crippen molar-refractivity contribution in [2.24, 2.45) is 0 Å². The minimum atomic E-state index is -1.70. The van der Waals surface area contributed by atoms with Crippen LogP contribution in [0.15, 0.2) is 24.3 Å². The molecule has 1 aromatic rings. The molecular weight excluding hydrogens is 364 g/mol. The normalized spacial score (nSPS) is 8.83. The molecule has 0 aliphatic heterocycles. The Balaban J connectivity index is 2.63. The van der Waals surface area contributed by atoms with Crippen molar-refractivity contribution < 1.29 is 32.5 Å². The van der Waals surface area contributed by atoms with Gasteiger partial charge in [0.05, 0.1) is 0 Å². The number of benzene rings is 1. The molecule has 0 amide bonds. The van der Waals surface area contributed by atoms with Gasteiger partial charge in [-0.2, -0.15) is 0 Å². The molecule has 12 heavy (non-hydrogen) atoms. The maximum atomic E-state index is 10.5. The van der Waals surface area contributed by atoms with Gasteiger partial charge in [-0.1, -0.05) is 0 Å².